The van der Waals surface area contributed by atoms with E-state index in [0.717, 1.165) is 7.11 Å². The van der Waals surface area contributed by atoms with Crippen molar-refractivity contribution >= 4 is 23.5 Å². The molecule has 0 aliphatic carbocycles. The van der Waals surface area contributed by atoms with Gasteiger partial charge in [-0.3, -0.25) is 9.59 Å². The minimum atomic E-state index is -1.21. The summed E-state index contributed by atoms with van der Waals surface area (Å²) in [5, 5.41) is 8.52. The van der Waals surface area contributed by atoms with Gasteiger partial charge in [-0.15, -0.1) is 0 Å². The van der Waals surface area contributed by atoms with Gasteiger partial charge in [-0.25, -0.2) is 0 Å². The number of allylic oxidation sites excluding steroid dienone is 1. The minimum absolute atomic E-state index is 0.0471. The van der Waals surface area contributed by atoms with Gasteiger partial charge in [0.05, 0.1) is 7.11 Å². The summed E-state index contributed by atoms with van der Waals surface area (Å²) in [5.41, 5.74) is 1.17. The van der Waals surface area contributed by atoms with Crippen molar-refractivity contribution in [3.8, 4) is 0 Å². The highest BCUT2D eigenvalue weighted by atomic mass is 35.5. The number of rotatable bonds is 4. The number of carboxylic acids is 1. The monoisotopic (exact) mass is 192 g/mol. The van der Waals surface area contributed by atoms with E-state index in [2.05, 4.69) is 4.74 Å². The predicted octanol–water partition coefficient (Wildman–Crippen LogP) is 1.00. The molecule has 1 N–H and O–H groups in total. The van der Waals surface area contributed by atoms with Gasteiger partial charge in [0.25, 0.3) is 0 Å². The van der Waals surface area contributed by atoms with Gasteiger partial charge < -0.3 is 9.84 Å². The fourth-order valence-corrected chi connectivity index (χ4v) is 0.731. The average molecular weight is 193 g/mol. The van der Waals surface area contributed by atoms with Crippen LogP contribution in [0.25, 0.3) is 0 Å². The van der Waals surface area contributed by atoms with Gasteiger partial charge in [-0.05, 0) is 6.42 Å². The first kappa shape index (κ1) is 11.0. The third kappa shape index (κ3) is 3.39. The number of halogens is 1. The number of esters is 1. The summed E-state index contributed by atoms with van der Waals surface area (Å²) in [6.07, 6.45) is 1.43. The van der Waals surface area contributed by atoms with Gasteiger partial charge in [-0.1, -0.05) is 17.7 Å². The van der Waals surface area contributed by atoms with Gasteiger partial charge in [0.1, 0.15) is 0 Å². The largest absolute Gasteiger partial charge is 0.481 e. The molecule has 0 bridgehead atoms. The van der Waals surface area contributed by atoms with Crippen LogP contribution in [0.3, 0.4) is 0 Å². The Bertz CT molecular complexity index is 200. The zero-order chi connectivity index (χ0) is 9.56. The van der Waals surface area contributed by atoms with Gasteiger partial charge in [-0.2, -0.15) is 0 Å². The Morgan fingerprint density at radius 2 is 2.25 bits per heavy atom. The van der Waals surface area contributed by atoms with Crippen molar-refractivity contribution in [2.75, 3.05) is 7.11 Å². The number of carboxylic acid groups (broad SMARTS) is 1. The number of methoxy groups -OCH3 is 1. The smallest absolute Gasteiger partial charge is 0.320 e. The molecule has 0 aromatic heterocycles. The molecule has 0 aromatic carbocycles. The van der Waals surface area contributed by atoms with Crippen LogP contribution in [0, 0.1) is 5.92 Å². The first-order valence-electron chi connectivity index (χ1n) is 3.19. The van der Waals surface area contributed by atoms with Crippen LogP contribution >= 0.6 is 11.6 Å². The Kier molecular flexibility index (Phi) is 5.12. The van der Waals surface area contributed by atoms with Gasteiger partial charge in [0, 0.05) is 5.54 Å². The molecule has 1 unspecified atom stereocenters. The molecule has 0 aromatic rings. The minimum Gasteiger partial charge on any atom is -0.481 e. The van der Waals surface area contributed by atoms with E-state index in [1.165, 1.54) is 11.6 Å². The number of carbonyl (C=O) groups is 2. The maximum absolute atomic E-state index is 10.8. The summed E-state index contributed by atoms with van der Waals surface area (Å²) in [6, 6.07) is 0. The average Bonchev–Trinajstić information content (AvgIpc) is 2.04. The van der Waals surface area contributed by atoms with E-state index < -0.39 is 17.9 Å². The van der Waals surface area contributed by atoms with Crippen LogP contribution in [0.2, 0.25) is 0 Å². The van der Waals surface area contributed by atoms with Gasteiger partial charge in [0.15, 0.2) is 5.92 Å². The van der Waals surface area contributed by atoms with Crippen molar-refractivity contribution in [1.29, 1.82) is 0 Å². The van der Waals surface area contributed by atoms with Crippen LogP contribution in [-0.4, -0.2) is 24.2 Å². The maximum atomic E-state index is 10.8. The molecule has 0 fully saturated rings. The standard InChI is InChI=1S/C7H9ClO4/c1-12-7(11)5(6(9)10)3-2-4-8/h2,4-5H,3H2,1H3,(H,9,10)/b4-2+. The first-order valence-corrected chi connectivity index (χ1v) is 3.63. The third-order valence-electron chi connectivity index (χ3n) is 1.24. The number of hydrogen-bond acceptors (Lipinski definition) is 3. The molecule has 1 atom stereocenters. The van der Waals surface area contributed by atoms with E-state index in [1.54, 1.807) is 0 Å². The van der Waals surface area contributed by atoms with E-state index in [1.807, 2.05) is 0 Å². The molecule has 0 amide bonds. The van der Waals surface area contributed by atoms with Crippen LogP contribution in [0.5, 0.6) is 0 Å². The lowest BCUT2D eigenvalue weighted by molar-refractivity contribution is -0.156. The quantitative estimate of drug-likeness (QED) is 0.533. The predicted molar refractivity (Wildman–Crippen MR) is 42.8 cm³/mol. The summed E-state index contributed by atoms with van der Waals surface area (Å²) < 4.78 is 4.27. The Hall–Kier alpha value is -1.03. The van der Waals surface area contributed by atoms with Crippen molar-refractivity contribution in [3.05, 3.63) is 11.6 Å². The molecule has 0 rings (SSSR count). The Balaban J connectivity index is 4.23. The summed E-state index contributed by atoms with van der Waals surface area (Å²) in [5.74, 6) is -3.14. The highest BCUT2D eigenvalue weighted by Gasteiger charge is 2.25. The third-order valence-corrected chi connectivity index (χ3v) is 1.42. The summed E-state index contributed by atoms with van der Waals surface area (Å²) in [7, 11) is 1.14. The molecule has 0 spiro atoms. The molecular weight excluding hydrogens is 184 g/mol. The SMILES string of the molecule is COC(=O)C(C/C=C/Cl)C(=O)O. The number of hydrogen-bond donors (Lipinski definition) is 1. The second-order valence-electron chi connectivity index (χ2n) is 2.01. The van der Waals surface area contributed by atoms with Crippen molar-refractivity contribution in [2.24, 2.45) is 5.92 Å². The van der Waals surface area contributed by atoms with Crippen LogP contribution < -0.4 is 0 Å². The molecule has 12 heavy (non-hydrogen) atoms. The van der Waals surface area contributed by atoms with Crippen molar-refractivity contribution in [2.45, 2.75) is 6.42 Å². The molecule has 5 heteroatoms. The van der Waals surface area contributed by atoms with Crippen molar-refractivity contribution in [3.63, 3.8) is 0 Å². The lowest BCUT2D eigenvalue weighted by atomic mass is 10.1. The van der Waals surface area contributed by atoms with E-state index in [-0.39, 0.29) is 6.42 Å². The number of aliphatic carboxylic acids is 1. The zero-order valence-electron chi connectivity index (χ0n) is 6.49. The Morgan fingerprint density at radius 3 is 2.58 bits per heavy atom. The molecule has 0 radical (unpaired) electrons. The fraction of sp³-hybridized carbons (Fsp3) is 0.429. The zero-order valence-corrected chi connectivity index (χ0v) is 7.25. The molecular formula is C7H9ClO4. The Labute approximate surface area is 74.8 Å². The first-order chi connectivity index (χ1) is 5.63. The Morgan fingerprint density at radius 1 is 1.67 bits per heavy atom. The van der Waals surface area contributed by atoms with Crippen LogP contribution in [0.15, 0.2) is 11.6 Å². The van der Waals surface area contributed by atoms with E-state index in [9.17, 15) is 9.59 Å². The molecule has 68 valence electrons. The van der Waals surface area contributed by atoms with E-state index in [4.69, 9.17) is 16.7 Å². The van der Waals surface area contributed by atoms with Crippen LogP contribution in [0.1, 0.15) is 6.42 Å². The molecule has 0 aliphatic rings. The van der Waals surface area contributed by atoms with Crippen molar-refractivity contribution < 1.29 is 19.4 Å². The van der Waals surface area contributed by atoms with Crippen LogP contribution in [0.4, 0.5) is 0 Å². The molecule has 0 saturated carbocycles. The van der Waals surface area contributed by atoms with Gasteiger partial charge in [0.2, 0.25) is 0 Å². The second kappa shape index (κ2) is 5.60. The lowest BCUT2D eigenvalue weighted by Gasteiger charge is -2.05. The molecule has 4 nitrogen and oxygen atoms in total. The lowest BCUT2D eigenvalue weighted by Crippen LogP contribution is -2.24. The maximum Gasteiger partial charge on any atom is 0.320 e. The highest BCUT2D eigenvalue weighted by Crippen LogP contribution is 2.07. The topological polar surface area (TPSA) is 63.6 Å². The van der Waals surface area contributed by atoms with E-state index in [0.29, 0.717) is 0 Å². The fourth-order valence-electron chi connectivity index (χ4n) is 0.628. The molecule has 0 aliphatic heterocycles. The molecule has 0 heterocycles. The number of ether oxygens (including phenoxy) is 1. The molecule has 0 saturated heterocycles. The normalized spacial score (nSPS) is 12.8. The van der Waals surface area contributed by atoms with Crippen LogP contribution in [-0.2, 0) is 14.3 Å². The highest BCUT2D eigenvalue weighted by molar-refractivity contribution is 6.25. The van der Waals surface area contributed by atoms with Crippen molar-refractivity contribution in [1.82, 2.24) is 0 Å². The summed E-state index contributed by atoms with van der Waals surface area (Å²) >= 11 is 5.17. The summed E-state index contributed by atoms with van der Waals surface area (Å²) in [4.78, 5) is 21.2. The van der Waals surface area contributed by atoms with Gasteiger partial charge >= 0.3 is 11.9 Å². The number of carbonyl (C=O) groups excluding carboxylic acids is 1. The summed E-state index contributed by atoms with van der Waals surface area (Å²) in [6.45, 7) is 0. The van der Waals surface area contributed by atoms with E-state index >= 15 is 0 Å². The second-order valence-corrected chi connectivity index (χ2v) is 2.26.